The van der Waals surface area contributed by atoms with E-state index in [1.165, 1.54) is 23.1 Å². The van der Waals surface area contributed by atoms with Crippen LogP contribution in [-0.4, -0.2) is 22.7 Å². The summed E-state index contributed by atoms with van der Waals surface area (Å²) >= 11 is 0. The van der Waals surface area contributed by atoms with Crippen molar-refractivity contribution in [2.75, 3.05) is 0 Å². The fraction of sp³-hybridized carbons (Fsp3) is 0.0833. The fourth-order valence-electron chi connectivity index (χ4n) is 3.29. The Labute approximate surface area is 172 Å². The second-order valence-corrected chi connectivity index (χ2v) is 6.83. The first-order chi connectivity index (χ1) is 14.6. The van der Waals surface area contributed by atoms with Gasteiger partial charge in [0.25, 0.3) is 11.8 Å². The summed E-state index contributed by atoms with van der Waals surface area (Å²) in [5, 5.41) is 8.95. The Morgan fingerprint density at radius 3 is 2.37 bits per heavy atom. The molecule has 0 aromatic heterocycles. The number of benzene rings is 3. The number of hydrogen-bond acceptors (Lipinski definition) is 5. The number of carbonyl (C=O) groups is 3. The van der Waals surface area contributed by atoms with Gasteiger partial charge in [0, 0.05) is 0 Å². The molecule has 0 saturated carbocycles. The summed E-state index contributed by atoms with van der Waals surface area (Å²) in [4.78, 5) is 39.0. The number of esters is 1. The van der Waals surface area contributed by atoms with Crippen LogP contribution in [0.5, 0.6) is 0 Å². The van der Waals surface area contributed by atoms with E-state index in [-0.39, 0.29) is 35.7 Å². The summed E-state index contributed by atoms with van der Waals surface area (Å²) in [6.45, 7) is 0.167. The number of carbonyl (C=O) groups excluding carboxylic acids is 3. The molecule has 1 aliphatic heterocycles. The molecule has 0 fully saturated rings. The second kappa shape index (κ2) is 8.02. The van der Waals surface area contributed by atoms with E-state index in [4.69, 9.17) is 10.00 Å². The zero-order valence-corrected chi connectivity index (χ0v) is 15.9. The summed E-state index contributed by atoms with van der Waals surface area (Å²) in [7, 11) is 0. The van der Waals surface area contributed by atoms with Gasteiger partial charge in [0.05, 0.1) is 34.9 Å². The quantitative estimate of drug-likeness (QED) is 0.485. The van der Waals surface area contributed by atoms with E-state index in [1.54, 1.807) is 24.3 Å². The summed E-state index contributed by atoms with van der Waals surface area (Å²) in [6, 6.07) is 22.4. The summed E-state index contributed by atoms with van der Waals surface area (Å²) < 4.78 is 5.30. The smallest absolute Gasteiger partial charge is 0.338 e. The number of rotatable bonds is 5. The Bertz CT molecular complexity index is 1200. The first-order valence-electron chi connectivity index (χ1n) is 9.27. The van der Waals surface area contributed by atoms with Crippen molar-refractivity contribution in [3.63, 3.8) is 0 Å². The van der Waals surface area contributed by atoms with Gasteiger partial charge in [-0.15, -0.1) is 0 Å². The lowest BCUT2D eigenvalue weighted by atomic mass is 10.1. The molecular weight excluding hydrogens is 380 g/mol. The predicted molar refractivity (Wildman–Crippen MR) is 107 cm³/mol. The molecule has 0 radical (unpaired) electrons. The first-order valence-corrected chi connectivity index (χ1v) is 9.27. The Kier molecular flexibility index (Phi) is 5.10. The average Bonchev–Trinajstić information content (AvgIpc) is 3.02. The van der Waals surface area contributed by atoms with Gasteiger partial charge in [-0.1, -0.05) is 42.5 Å². The van der Waals surface area contributed by atoms with Crippen molar-refractivity contribution in [3.05, 3.63) is 106 Å². The first kappa shape index (κ1) is 19.1. The van der Waals surface area contributed by atoms with Gasteiger partial charge in [-0.05, 0) is 41.5 Å². The summed E-state index contributed by atoms with van der Waals surface area (Å²) in [5.41, 5.74) is 2.65. The minimum Gasteiger partial charge on any atom is -0.457 e. The lowest BCUT2D eigenvalue weighted by Gasteiger charge is -2.13. The maximum absolute atomic E-state index is 12.8. The third-order valence-electron chi connectivity index (χ3n) is 4.82. The van der Waals surface area contributed by atoms with Crippen LogP contribution in [-0.2, 0) is 17.9 Å². The molecule has 0 bridgehead atoms. The monoisotopic (exact) mass is 396 g/mol. The van der Waals surface area contributed by atoms with Crippen LogP contribution in [0.15, 0.2) is 72.8 Å². The summed E-state index contributed by atoms with van der Waals surface area (Å²) in [6.07, 6.45) is 0. The van der Waals surface area contributed by atoms with Crippen LogP contribution in [0.4, 0.5) is 0 Å². The highest BCUT2D eigenvalue weighted by molar-refractivity contribution is 6.21. The van der Waals surface area contributed by atoms with Gasteiger partial charge in [0.15, 0.2) is 0 Å². The number of ether oxygens (including phenoxy) is 1. The van der Waals surface area contributed by atoms with Gasteiger partial charge >= 0.3 is 5.97 Å². The van der Waals surface area contributed by atoms with Crippen LogP contribution < -0.4 is 0 Å². The number of imide groups is 1. The van der Waals surface area contributed by atoms with Gasteiger partial charge in [-0.25, -0.2) is 4.79 Å². The normalized spacial score (nSPS) is 12.4. The van der Waals surface area contributed by atoms with E-state index in [1.807, 2.05) is 36.4 Å². The number of fused-ring (bicyclic) bond motifs is 1. The van der Waals surface area contributed by atoms with E-state index in [9.17, 15) is 14.4 Å². The number of amides is 2. The van der Waals surface area contributed by atoms with Crippen LogP contribution >= 0.6 is 0 Å². The van der Waals surface area contributed by atoms with Crippen molar-refractivity contribution in [2.45, 2.75) is 13.2 Å². The molecule has 6 heteroatoms. The molecule has 1 aliphatic rings. The standard InChI is InChI=1S/C24H16N2O4/c25-13-17-7-4-8-18(11-17)15-30-24(29)19-9-10-20-21(12-19)23(28)26(22(20)27)14-16-5-2-1-3-6-16/h1-12H,14-15H2. The van der Waals surface area contributed by atoms with Crippen molar-refractivity contribution >= 4 is 17.8 Å². The lowest BCUT2D eigenvalue weighted by molar-refractivity contribution is 0.0472. The molecule has 0 aliphatic carbocycles. The van der Waals surface area contributed by atoms with Gasteiger partial charge in [0.2, 0.25) is 0 Å². The minimum absolute atomic E-state index is 0.00154. The minimum atomic E-state index is -0.609. The topological polar surface area (TPSA) is 87.5 Å². The van der Waals surface area contributed by atoms with Gasteiger partial charge < -0.3 is 4.74 Å². The maximum Gasteiger partial charge on any atom is 0.338 e. The second-order valence-electron chi connectivity index (χ2n) is 6.83. The fourth-order valence-corrected chi connectivity index (χ4v) is 3.29. The molecule has 3 aromatic carbocycles. The zero-order valence-electron chi connectivity index (χ0n) is 15.9. The molecule has 0 N–H and O–H groups in total. The molecule has 3 aromatic rings. The van der Waals surface area contributed by atoms with Gasteiger partial charge in [-0.2, -0.15) is 5.26 Å². The number of nitriles is 1. The van der Waals surface area contributed by atoms with Crippen molar-refractivity contribution < 1.29 is 19.1 Å². The maximum atomic E-state index is 12.8. The van der Waals surface area contributed by atoms with E-state index < -0.39 is 11.9 Å². The highest BCUT2D eigenvalue weighted by atomic mass is 16.5. The molecule has 30 heavy (non-hydrogen) atoms. The molecule has 6 nitrogen and oxygen atoms in total. The van der Waals surface area contributed by atoms with Crippen molar-refractivity contribution in [3.8, 4) is 6.07 Å². The largest absolute Gasteiger partial charge is 0.457 e. The zero-order chi connectivity index (χ0) is 21.1. The molecule has 2 amide bonds. The van der Waals surface area contributed by atoms with Crippen LogP contribution in [0.2, 0.25) is 0 Å². The van der Waals surface area contributed by atoms with E-state index in [2.05, 4.69) is 0 Å². The van der Waals surface area contributed by atoms with Crippen LogP contribution in [0, 0.1) is 11.3 Å². The number of hydrogen-bond donors (Lipinski definition) is 0. The van der Waals surface area contributed by atoms with Crippen molar-refractivity contribution in [1.29, 1.82) is 5.26 Å². The highest BCUT2D eigenvalue weighted by Gasteiger charge is 2.36. The van der Waals surface area contributed by atoms with E-state index in [0.29, 0.717) is 11.1 Å². The van der Waals surface area contributed by atoms with Crippen molar-refractivity contribution in [2.24, 2.45) is 0 Å². The SMILES string of the molecule is N#Cc1cccc(COC(=O)c2ccc3c(c2)C(=O)N(Cc2ccccc2)C3=O)c1. The van der Waals surface area contributed by atoms with Gasteiger partial charge in [0.1, 0.15) is 6.61 Å². The Morgan fingerprint density at radius 1 is 0.867 bits per heavy atom. The molecule has 1 heterocycles. The Morgan fingerprint density at radius 2 is 1.60 bits per heavy atom. The summed E-state index contributed by atoms with van der Waals surface area (Å²) in [5.74, 6) is -1.43. The van der Waals surface area contributed by atoms with Crippen molar-refractivity contribution in [1.82, 2.24) is 4.90 Å². The molecule has 0 unspecified atom stereocenters. The van der Waals surface area contributed by atoms with E-state index >= 15 is 0 Å². The molecule has 4 rings (SSSR count). The highest BCUT2D eigenvalue weighted by Crippen LogP contribution is 2.26. The van der Waals surface area contributed by atoms with Gasteiger partial charge in [-0.3, -0.25) is 14.5 Å². The molecular formula is C24H16N2O4. The third kappa shape index (κ3) is 3.69. The number of nitrogens with zero attached hydrogens (tertiary/aromatic N) is 2. The molecule has 0 spiro atoms. The molecule has 0 saturated heterocycles. The van der Waals surface area contributed by atoms with Crippen LogP contribution in [0.1, 0.15) is 47.8 Å². The lowest BCUT2D eigenvalue weighted by Crippen LogP contribution is -2.29. The molecule has 0 atom stereocenters. The Hall–Kier alpha value is -4.24. The van der Waals surface area contributed by atoms with E-state index in [0.717, 1.165) is 5.56 Å². The van der Waals surface area contributed by atoms with Crippen LogP contribution in [0.25, 0.3) is 0 Å². The average molecular weight is 396 g/mol. The molecule has 146 valence electrons. The van der Waals surface area contributed by atoms with Crippen LogP contribution in [0.3, 0.4) is 0 Å². The third-order valence-corrected chi connectivity index (χ3v) is 4.82. The Balaban J connectivity index is 1.49. The predicted octanol–water partition coefficient (Wildman–Crippen LogP) is 3.71.